The molecule has 0 bridgehead atoms. The first kappa shape index (κ1) is 15.1. The molecule has 0 aromatic carbocycles. The van der Waals surface area contributed by atoms with Crippen molar-refractivity contribution in [1.29, 1.82) is 0 Å². The summed E-state index contributed by atoms with van der Waals surface area (Å²) in [7, 11) is 0. The molecule has 2 heterocycles. The predicted molar refractivity (Wildman–Crippen MR) is 86.1 cm³/mol. The Labute approximate surface area is 130 Å². The normalized spacial score (nSPS) is 10.5. The molecular weight excluding hydrogens is 316 g/mol. The highest BCUT2D eigenvalue weighted by molar-refractivity contribution is 7.18. The van der Waals surface area contributed by atoms with E-state index in [1.165, 1.54) is 22.7 Å². The van der Waals surface area contributed by atoms with Gasteiger partial charge in [-0.2, -0.15) is 0 Å². The van der Waals surface area contributed by atoms with Gasteiger partial charge in [0.1, 0.15) is 10.7 Å². The minimum atomic E-state index is -0.188. The Morgan fingerprint density at radius 1 is 1.45 bits per heavy atom. The second-order valence-electron chi connectivity index (χ2n) is 3.98. The number of carbonyl (C=O) groups excluding carboxylic acids is 1. The first-order chi connectivity index (χ1) is 9.60. The highest BCUT2D eigenvalue weighted by Gasteiger charge is 2.15. The SMILES string of the molecule is CCNc1nc(N)c(C(=O)NCCc2ccc(Cl)s2)s1. The van der Waals surface area contributed by atoms with Crippen molar-refractivity contribution in [3.05, 3.63) is 26.2 Å². The zero-order valence-corrected chi connectivity index (χ0v) is 13.3. The van der Waals surface area contributed by atoms with E-state index in [9.17, 15) is 4.79 Å². The van der Waals surface area contributed by atoms with Gasteiger partial charge in [-0.25, -0.2) is 4.98 Å². The Hall–Kier alpha value is -1.31. The smallest absolute Gasteiger partial charge is 0.265 e. The summed E-state index contributed by atoms with van der Waals surface area (Å²) in [6.45, 7) is 3.25. The Kier molecular flexibility index (Phi) is 5.22. The van der Waals surface area contributed by atoms with Gasteiger partial charge in [0.25, 0.3) is 5.91 Å². The molecule has 2 rings (SSSR count). The van der Waals surface area contributed by atoms with Crippen LogP contribution in [0, 0.1) is 0 Å². The number of aromatic nitrogens is 1. The number of nitrogens with zero attached hydrogens (tertiary/aromatic N) is 1. The lowest BCUT2D eigenvalue weighted by Gasteiger charge is -2.02. The van der Waals surface area contributed by atoms with Crippen LogP contribution in [0.4, 0.5) is 10.9 Å². The summed E-state index contributed by atoms with van der Waals surface area (Å²) >= 11 is 8.64. The number of rotatable bonds is 6. The van der Waals surface area contributed by atoms with Crippen molar-refractivity contribution in [3.8, 4) is 0 Å². The fraction of sp³-hybridized carbons (Fsp3) is 0.333. The number of carbonyl (C=O) groups is 1. The molecule has 2 aromatic rings. The number of amides is 1. The fourth-order valence-corrected chi connectivity index (χ4v) is 3.54. The number of hydrogen-bond acceptors (Lipinski definition) is 6. The first-order valence-electron chi connectivity index (χ1n) is 6.12. The van der Waals surface area contributed by atoms with E-state index >= 15 is 0 Å². The van der Waals surface area contributed by atoms with Crippen molar-refractivity contribution >= 4 is 51.1 Å². The summed E-state index contributed by atoms with van der Waals surface area (Å²) in [5.41, 5.74) is 5.74. The molecule has 108 valence electrons. The molecule has 0 aliphatic carbocycles. The molecule has 0 aliphatic rings. The van der Waals surface area contributed by atoms with Crippen LogP contribution in [0.5, 0.6) is 0 Å². The molecule has 2 aromatic heterocycles. The molecule has 8 heteroatoms. The zero-order valence-electron chi connectivity index (χ0n) is 10.9. The number of hydrogen-bond donors (Lipinski definition) is 3. The average molecular weight is 331 g/mol. The fourth-order valence-electron chi connectivity index (χ4n) is 1.59. The molecule has 4 N–H and O–H groups in total. The van der Waals surface area contributed by atoms with Gasteiger partial charge in [-0.3, -0.25) is 4.79 Å². The van der Waals surface area contributed by atoms with Crippen molar-refractivity contribution in [1.82, 2.24) is 10.3 Å². The lowest BCUT2D eigenvalue weighted by Crippen LogP contribution is -2.25. The predicted octanol–water partition coefficient (Wildman–Crippen LogP) is 2.84. The Balaban J connectivity index is 1.88. The highest BCUT2D eigenvalue weighted by atomic mass is 35.5. The maximum atomic E-state index is 12.0. The van der Waals surface area contributed by atoms with Gasteiger partial charge >= 0.3 is 0 Å². The summed E-state index contributed by atoms with van der Waals surface area (Å²) in [4.78, 5) is 17.7. The highest BCUT2D eigenvalue weighted by Crippen LogP contribution is 2.25. The van der Waals surface area contributed by atoms with Crippen LogP contribution in [0.15, 0.2) is 12.1 Å². The van der Waals surface area contributed by atoms with Crippen molar-refractivity contribution in [2.24, 2.45) is 0 Å². The van der Waals surface area contributed by atoms with Gasteiger partial charge in [0.2, 0.25) is 0 Å². The Morgan fingerprint density at radius 3 is 2.90 bits per heavy atom. The zero-order chi connectivity index (χ0) is 14.5. The van der Waals surface area contributed by atoms with E-state index < -0.39 is 0 Å². The Bertz CT molecular complexity index is 596. The molecule has 0 radical (unpaired) electrons. The Morgan fingerprint density at radius 2 is 2.25 bits per heavy atom. The van der Waals surface area contributed by atoms with Crippen LogP contribution in [0.3, 0.4) is 0 Å². The first-order valence-corrected chi connectivity index (χ1v) is 8.13. The van der Waals surface area contributed by atoms with Crippen molar-refractivity contribution in [2.45, 2.75) is 13.3 Å². The van der Waals surface area contributed by atoms with Gasteiger partial charge in [0.15, 0.2) is 5.13 Å². The second kappa shape index (κ2) is 6.92. The molecule has 20 heavy (non-hydrogen) atoms. The van der Waals surface area contributed by atoms with E-state index in [0.29, 0.717) is 16.6 Å². The molecule has 0 saturated carbocycles. The summed E-state index contributed by atoms with van der Waals surface area (Å²) in [5.74, 6) is 0.0782. The van der Waals surface area contributed by atoms with Crippen LogP contribution in [-0.4, -0.2) is 24.0 Å². The maximum Gasteiger partial charge on any atom is 0.265 e. The quantitative estimate of drug-likeness (QED) is 0.761. The number of thiophene rings is 1. The van der Waals surface area contributed by atoms with E-state index in [1.807, 2.05) is 19.1 Å². The summed E-state index contributed by atoms with van der Waals surface area (Å²) in [6, 6.07) is 3.82. The molecule has 0 atom stereocenters. The second-order valence-corrected chi connectivity index (χ2v) is 6.77. The van der Waals surface area contributed by atoms with Crippen molar-refractivity contribution < 1.29 is 4.79 Å². The van der Waals surface area contributed by atoms with Crippen LogP contribution in [-0.2, 0) is 6.42 Å². The topological polar surface area (TPSA) is 80.0 Å². The number of nitrogens with one attached hydrogen (secondary N) is 2. The van der Waals surface area contributed by atoms with Crippen LogP contribution < -0.4 is 16.4 Å². The molecule has 0 unspecified atom stereocenters. The molecule has 1 amide bonds. The van der Waals surface area contributed by atoms with E-state index in [1.54, 1.807) is 0 Å². The largest absolute Gasteiger partial charge is 0.382 e. The minimum absolute atomic E-state index is 0.188. The lowest BCUT2D eigenvalue weighted by molar-refractivity contribution is 0.0959. The van der Waals surface area contributed by atoms with E-state index in [-0.39, 0.29) is 11.7 Å². The van der Waals surface area contributed by atoms with Crippen LogP contribution >= 0.6 is 34.3 Å². The number of anilines is 2. The summed E-state index contributed by atoms with van der Waals surface area (Å²) in [6.07, 6.45) is 0.752. The molecule has 5 nitrogen and oxygen atoms in total. The third kappa shape index (κ3) is 3.84. The van der Waals surface area contributed by atoms with Crippen LogP contribution in [0.1, 0.15) is 21.5 Å². The molecule has 0 spiro atoms. The third-order valence-corrected chi connectivity index (χ3v) is 4.79. The average Bonchev–Trinajstić information content (AvgIpc) is 2.96. The lowest BCUT2D eigenvalue weighted by atomic mass is 10.3. The van der Waals surface area contributed by atoms with E-state index in [0.717, 1.165) is 22.2 Å². The van der Waals surface area contributed by atoms with E-state index in [4.69, 9.17) is 17.3 Å². The number of halogens is 1. The molecule has 0 saturated heterocycles. The number of thiazole rings is 1. The van der Waals surface area contributed by atoms with Crippen LogP contribution in [0.25, 0.3) is 0 Å². The minimum Gasteiger partial charge on any atom is -0.382 e. The standard InChI is InChI=1S/C12H15ClN4OS2/c1-2-15-12-17-10(14)9(20-12)11(18)16-6-5-7-3-4-8(13)19-7/h3-4H,2,5-6,14H2,1H3,(H,15,17)(H,16,18). The number of nitrogens with two attached hydrogens (primary N) is 1. The van der Waals surface area contributed by atoms with Crippen molar-refractivity contribution in [2.75, 3.05) is 24.1 Å². The molecule has 0 aliphatic heterocycles. The van der Waals surface area contributed by atoms with Gasteiger partial charge in [-0.15, -0.1) is 11.3 Å². The molecular formula is C12H15ClN4OS2. The van der Waals surface area contributed by atoms with Gasteiger partial charge < -0.3 is 16.4 Å². The van der Waals surface area contributed by atoms with Gasteiger partial charge in [-0.1, -0.05) is 22.9 Å². The van der Waals surface area contributed by atoms with Gasteiger partial charge in [0.05, 0.1) is 4.34 Å². The molecule has 0 fully saturated rings. The monoisotopic (exact) mass is 330 g/mol. The number of nitrogen functional groups attached to an aromatic ring is 1. The van der Waals surface area contributed by atoms with Gasteiger partial charge in [-0.05, 0) is 25.5 Å². The van der Waals surface area contributed by atoms with E-state index in [2.05, 4.69) is 15.6 Å². The summed E-state index contributed by atoms with van der Waals surface area (Å²) in [5, 5.41) is 6.55. The third-order valence-electron chi connectivity index (χ3n) is 2.47. The van der Waals surface area contributed by atoms with Crippen molar-refractivity contribution in [3.63, 3.8) is 0 Å². The summed E-state index contributed by atoms with van der Waals surface area (Å²) < 4.78 is 0.758. The van der Waals surface area contributed by atoms with Crippen LogP contribution in [0.2, 0.25) is 4.34 Å². The maximum absolute atomic E-state index is 12.0. The van der Waals surface area contributed by atoms with Gasteiger partial charge in [0, 0.05) is 18.0 Å².